The van der Waals surface area contributed by atoms with Gasteiger partial charge in [0.15, 0.2) is 5.78 Å². The van der Waals surface area contributed by atoms with E-state index in [-0.39, 0.29) is 29.8 Å². The van der Waals surface area contributed by atoms with E-state index in [4.69, 9.17) is 11.6 Å². The molecule has 1 N–H and O–H groups in total. The molecule has 4 heteroatoms. The normalized spacial score (nSPS) is 12.3. The molecule has 0 heterocycles. The summed E-state index contributed by atoms with van der Waals surface area (Å²) in [5.74, 6) is 0.0589. The van der Waals surface area contributed by atoms with E-state index in [9.17, 15) is 4.79 Å². The van der Waals surface area contributed by atoms with Crippen molar-refractivity contribution in [3.63, 3.8) is 0 Å². The summed E-state index contributed by atoms with van der Waals surface area (Å²) in [5, 5.41) is 4.01. The standard InChI is InChI=1S/C19H22ClNO.ClH/c1-14(18(22)16-10-7-11-17(20)12-16)21-19(2,3)13-15-8-5-4-6-9-15;/h4-12,14,21H,13H2,1-3H3;1H. The molecule has 23 heavy (non-hydrogen) atoms. The van der Waals surface area contributed by atoms with E-state index in [0.717, 1.165) is 6.42 Å². The Kier molecular flexibility index (Phi) is 7.27. The third-order valence-electron chi connectivity index (χ3n) is 3.60. The Labute approximate surface area is 149 Å². The van der Waals surface area contributed by atoms with Gasteiger partial charge >= 0.3 is 0 Å². The van der Waals surface area contributed by atoms with E-state index in [0.29, 0.717) is 10.6 Å². The Morgan fingerprint density at radius 1 is 1.13 bits per heavy atom. The van der Waals surface area contributed by atoms with Crippen LogP contribution in [0.25, 0.3) is 0 Å². The van der Waals surface area contributed by atoms with Crippen LogP contribution in [0.2, 0.25) is 5.02 Å². The molecule has 2 aromatic rings. The lowest BCUT2D eigenvalue weighted by atomic mass is 9.93. The molecule has 0 aromatic heterocycles. The lowest BCUT2D eigenvalue weighted by molar-refractivity contribution is 0.0933. The van der Waals surface area contributed by atoms with E-state index < -0.39 is 0 Å². The second kappa shape index (κ2) is 8.49. The van der Waals surface area contributed by atoms with Crippen molar-refractivity contribution in [2.75, 3.05) is 0 Å². The minimum Gasteiger partial charge on any atom is -0.302 e. The minimum absolute atomic E-state index is 0. The zero-order valence-corrected chi connectivity index (χ0v) is 15.2. The van der Waals surface area contributed by atoms with E-state index >= 15 is 0 Å². The molecule has 0 radical (unpaired) electrons. The molecule has 0 aliphatic rings. The average molecular weight is 352 g/mol. The lowest BCUT2D eigenvalue weighted by Crippen LogP contribution is -2.49. The van der Waals surface area contributed by atoms with Gasteiger partial charge in [0.05, 0.1) is 6.04 Å². The molecule has 0 saturated carbocycles. The summed E-state index contributed by atoms with van der Waals surface area (Å²) in [6.45, 7) is 6.12. The van der Waals surface area contributed by atoms with Crippen molar-refractivity contribution in [1.82, 2.24) is 5.32 Å². The Hall–Kier alpha value is -1.35. The van der Waals surface area contributed by atoms with Gasteiger partial charge in [-0.2, -0.15) is 0 Å². The van der Waals surface area contributed by atoms with Crippen LogP contribution in [0.3, 0.4) is 0 Å². The van der Waals surface area contributed by atoms with Crippen LogP contribution in [0.5, 0.6) is 0 Å². The number of rotatable bonds is 6. The van der Waals surface area contributed by atoms with Crippen LogP contribution in [-0.4, -0.2) is 17.4 Å². The molecular formula is C19H23Cl2NO. The third kappa shape index (κ3) is 5.98. The summed E-state index contributed by atoms with van der Waals surface area (Å²) >= 11 is 5.96. The second-order valence-corrected chi connectivity index (χ2v) is 6.72. The van der Waals surface area contributed by atoms with Crippen LogP contribution in [0.1, 0.15) is 36.7 Å². The first-order valence-electron chi connectivity index (χ1n) is 7.49. The van der Waals surface area contributed by atoms with Gasteiger partial charge in [-0.15, -0.1) is 12.4 Å². The number of carbonyl (C=O) groups is 1. The summed E-state index contributed by atoms with van der Waals surface area (Å²) in [4.78, 5) is 12.5. The predicted molar refractivity (Wildman–Crippen MR) is 99.9 cm³/mol. The van der Waals surface area contributed by atoms with Crippen LogP contribution >= 0.6 is 24.0 Å². The molecule has 0 aliphatic heterocycles. The van der Waals surface area contributed by atoms with Crippen molar-refractivity contribution in [3.05, 3.63) is 70.7 Å². The Morgan fingerprint density at radius 3 is 2.39 bits per heavy atom. The highest BCUT2D eigenvalue weighted by molar-refractivity contribution is 6.31. The van der Waals surface area contributed by atoms with Gasteiger partial charge in [-0.3, -0.25) is 4.79 Å². The van der Waals surface area contributed by atoms with Crippen LogP contribution in [0, 0.1) is 0 Å². The Balaban J connectivity index is 0.00000264. The van der Waals surface area contributed by atoms with Crippen LogP contribution in [0.15, 0.2) is 54.6 Å². The maximum atomic E-state index is 12.5. The summed E-state index contributed by atoms with van der Waals surface area (Å²) in [6.07, 6.45) is 0.862. The van der Waals surface area contributed by atoms with Crippen molar-refractivity contribution in [2.45, 2.75) is 38.8 Å². The number of halogens is 2. The maximum absolute atomic E-state index is 12.5. The van der Waals surface area contributed by atoms with Gasteiger partial charge in [-0.1, -0.05) is 54.1 Å². The molecule has 0 saturated heterocycles. The molecule has 0 amide bonds. The van der Waals surface area contributed by atoms with E-state index in [1.54, 1.807) is 24.3 Å². The predicted octanol–water partition coefficient (Wildman–Crippen LogP) is 4.94. The molecule has 0 aliphatic carbocycles. The van der Waals surface area contributed by atoms with E-state index in [2.05, 4.69) is 31.3 Å². The SMILES string of the molecule is CC(NC(C)(C)Cc1ccccc1)C(=O)c1cccc(Cl)c1.Cl. The third-order valence-corrected chi connectivity index (χ3v) is 3.83. The second-order valence-electron chi connectivity index (χ2n) is 6.29. The fourth-order valence-corrected chi connectivity index (χ4v) is 2.89. The molecule has 0 fully saturated rings. The van der Waals surface area contributed by atoms with Crippen molar-refractivity contribution in [3.8, 4) is 0 Å². The lowest BCUT2D eigenvalue weighted by Gasteiger charge is -2.30. The number of Topliss-reactive ketones (excluding diaryl/α,β-unsaturated/α-hetero) is 1. The van der Waals surface area contributed by atoms with Crippen LogP contribution in [-0.2, 0) is 6.42 Å². The quantitative estimate of drug-likeness (QED) is 0.746. The number of hydrogen-bond acceptors (Lipinski definition) is 2. The number of hydrogen-bond donors (Lipinski definition) is 1. The zero-order valence-electron chi connectivity index (χ0n) is 13.7. The molecular weight excluding hydrogens is 329 g/mol. The Bertz CT molecular complexity index is 641. The van der Waals surface area contributed by atoms with Gasteiger partial charge in [0.25, 0.3) is 0 Å². The molecule has 2 rings (SSSR count). The Morgan fingerprint density at radius 2 is 1.78 bits per heavy atom. The molecule has 124 valence electrons. The fourth-order valence-electron chi connectivity index (χ4n) is 2.70. The first kappa shape index (κ1) is 19.7. The molecule has 0 spiro atoms. The highest BCUT2D eigenvalue weighted by atomic mass is 35.5. The monoisotopic (exact) mass is 351 g/mol. The first-order valence-corrected chi connectivity index (χ1v) is 7.86. The smallest absolute Gasteiger partial charge is 0.179 e. The van der Waals surface area contributed by atoms with Gasteiger partial charge in [-0.25, -0.2) is 0 Å². The molecule has 2 nitrogen and oxygen atoms in total. The molecule has 0 bridgehead atoms. The number of nitrogens with one attached hydrogen (secondary N) is 1. The van der Waals surface area contributed by atoms with Gasteiger partial charge in [-0.05, 0) is 44.9 Å². The highest BCUT2D eigenvalue weighted by Crippen LogP contribution is 2.16. The molecule has 1 unspecified atom stereocenters. The number of benzene rings is 2. The van der Waals surface area contributed by atoms with Crippen molar-refractivity contribution in [1.29, 1.82) is 0 Å². The maximum Gasteiger partial charge on any atom is 0.179 e. The summed E-state index contributed by atoms with van der Waals surface area (Å²) < 4.78 is 0. The average Bonchev–Trinajstić information content (AvgIpc) is 2.46. The summed E-state index contributed by atoms with van der Waals surface area (Å²) in [5.41, 5.74) is 1.72. The van der Waals surface area contributed by atoms with E-state index in [1.165, 1.54) is 5.56 Å². The molecule has 2 aromatic carbocycles. The summed E-state index contributed by atoms with van der Waals surface area (Å²) in [7, 11) is 0. The largest absolute Gasteiger partial charge is 0.302 e. The minimum atomic E-state index is -0.267. The molecule has 1 atom stereocenters. The van der Waals surface area contributed by atoms with Crippen molar-refractivity contribution in [2.24, 2.45) is 0 Å². The van der Waals surface area contributed by atoms with E-state index in [1.807, 2.05) is 25.1 Å². The van der Waals surface area contributed by atoms with Crippen LogP contribution < -0.4 is 5.32 Å². The van der Waals surface area contributed by atoms with Gasteiger partial charge in [0, 0.05) is 16.1 Å². The van der Waals surface area contributed by atoms with Crippen LogP contribution in [0.4, 0.5) is 0 Å². The topological polar surface area (TPSA) is 29.1 Å². The number of ketones is 1. The van der Waals surface area contributed by atoms with Crippen molar-refractivity contribution < 1.29 is 4.79 Å². The fraction of sp³-hybridized carbons (Fsp3) is 0.316. The first-order chi connectivity index (χ1) is 10.4. The highest BCUT2D eigenvalue weighted by Gasteiger charge is 2.24. The van der Waals surface area contributed by atoms with Crippen molar-refractivity contribution >= 4 is 29.8 Å². The number of carbonyl (C=O) groups excluding carboxylic acids is 1. The van der Waals surface area contributed by atoms with Gasteiger partial charge < -0.3 is 5.32 Å². The van der Waals surface area contributed by atoms with Gasteiger partial charge in [0.1, 0.15) is 0 Å². The summed E-state index contributed by atoms with van der Waals surface area (Å²) in [6, 6.07) is 17.1. The zero-order chi connectivity index (χ0) is 16.2. The van der Waals surface area contributed by atoms with Gasteiger partial charge in [0.2, 0.25) is 0 Å².